The third-order valence-electron chi connectivity index (χ3n) is 4.46. The molecule has 1 fully saturated rings. The normalized spacial score (nSPS) is 18.6. The van der Waals surface area contributed by atoms with Gasteiger partial charge >= 0.3 is 0 Å². The first kappa shape index (κ1) is 14.6. The number of hydrogen-bond acceptors (Lipinski definition) is 5. The smallest absolute Gasteiger partial charge is 0.231 e. The van der Waals surface area contributed by atoms with Gasteiger partial charge in [0.05, 0.1) is 10.8 Å². The van der Waals surface area contributed by atoms with Crippen LogP contribution in [0.1, 0.15) is 29.4 Å². The lowest BCUT2D eigenvalue weighted by molar-refractivity contribution is 0.309. The zero-order valence-corrected chi connectivity index (χ0v) is 13.9. The maximum Gasteiger partial charge on any atom is 0.231 e. The molecule has 0 amide bonds. The molecule has 118 valence electrons. The summed E-state index contributed by atoms with van der Waals surface area (Å²) in [5.74, 6) is 1.84. The predicted octanol–water partition coefficient (Wildman–Crippen LogP) is 4.10. The van der Waals surface area contributed by atoms with Gasteiger partial charge in [-0.1, -0.05) is 35.5 Å². The molecule has 0 aliphatic carbocycles. The average Bonchev–Trinajstić information content (AvgIpc) is 3.30. The van der Waals surface area contributed by atoms with Crippen LogP contribution in [0.5, 0.6) is 0 Å². The van der Waals surface area contributed by atoms with Crippen LogP contribution in [0.3, 0.4) is 0 Å². The van der Waals surface area contributed by atoms with Crippen LogP contribution in [0, 0.1) is 6.92 Å². The first-order valence-corrected chi connectivity index (χ1v) is 8.82. The van der Waals surface area contributed by atoms with Crippen LogP contribution in [0.2, 0.25) is 0 Å². The topological polar surface area (TPSA) is 42.2 Å². The highest BCUT2D eigenvalue weighted by molar-refractivity contribution is 7.13. The van der Waals surface area contributed by atoms with Crippen molar-refractivity contribution < 1.29 is 4.52 Å². The van der Waals surface area contributed by atoms with E-state index in [1.807, 2.05) is 17.5 Å². The monoisotopic (exact) mass is 325 g/mol. The van der Waals surface area contributed by atoms with E-state index in [1.54, 1.807) is 11.3 Å². The Morgan fingerprint density at radius 2 is 2.17 bits per heavy atom. The summed E-state index contributed by atoms with van der Waals surface area (Å²) >= 11 is 1.64. The molecule has 4 rings (SSSR count). The molecule has 0 radical (unpaired) electrons. The summed E-state index contributed by atoms with van der Waals surface area (Å²) in [7, 11) is 0. The Bertz CT molecular complexity index is 781. The van der Waals surface area contributed by atoms with Crippen molar-refractivity contribution in [2.45, 2.75) is 25.8 Å². The van der Waals surface area contributed by atoms with E-state index in [0.29, 0.717) is 11.7 Å². The van der Waals surface area contributed by atoms with Gasteiger partial charge in [-0.25, -0.2) is 0 Å². The van der Waals surface area contributed by atoms with Crippen molar-refractivity contribution in [1.82, 2.24) is 15.0 Å². The Morgan fingerprint density at radius 1 is 1.26 bits per heavy atom. The van der Waals surface area contributed by atoms with Crippen LogP contribution in [-0.2, 0) is 6.54 Å². The zero-order valence-electron chi connectivity index (χ0n) is 13.1. The van der Waals surface area contributed by atoms with Gasteiger partial charge in [0.25, 0.3) is 0 Å². The molecule has 1 aliphatic rings. The fourth-order valence-corrected chi connectivity index (χ4v) is 3.76. The summed E-state index contributed by atoms with van der Waals surface area (Å²) in [5, 5.41) is 6.16. The molecule has 3 aromatic rings. The Balaban J connectivity index is 1.43. The number of benzene rings is 1. The molecule has 1 aromatic carbocycles. The van der Waals surface area contributed by atoms with E-state index < -0.39 is 0 Å². The van der Waals surface area contributed by atoms with Gasteiger partial charge in [-0.15, -0.1) is 11.3 Å². The van der Waals surface area contributed by atoms with Crippen molar-refractivity contribution in [3.8, 4) is 10.7 Å². The number of thiophene rings is 1. The van der Waals surface area contributed by atoms with Gasteiger partial charge in [-0.3, -0.25) is 4.90 Å². The third-order valence-corrected chi connectivity index (χ3v) is 5.33. The number of aryl methyl sites for hydroxylation is 1. The van der Waals surface area contributed by atoms with Gasteiger partial charge in [-0.05, 0) is 42.5 Å². The maximum absolute atomic E-state index is 5.51. The van der Waals surface area contributed by atoms with Crippen molar-refractivity contribution in [1.29, 1.82) is 0 Å². The lowest BCUT2D eigenvalue weighted by atomic mass is 10.1. The summed E-state index contributed by atoms with van der Waals surface area (Å²) in [5.41, 5.74) is 2.76. The lowest BCUT2D eigenvalue weighted by Crippen LogP contribution is -2.20. The quantitative estimate of drug-likeness (QED) is 0.724. The van der Waals surface area contributed by atoms with E-state index in [4.69, 9.17) is 4.52 Å². The van der Waals surface area contributed by atoms with E-state index in [1.165, 1.54) is 11.1 Å². The van der Waals surface area contributed by atoms with Crippen molar-refractivity contribution >= 4 is 11.3 Å². The minimum atomic E-state index is 0.347. The summed E-state index contributed by atoms with van der Waals surface area (Å²) in [6.45, 7) is 5.24. The van der Waals surface area contributed by atoms with Crippen LogP contribution in [0.25, 0.3) is 10.7 Å². The number of likely N-dealkylation sites (tertiary alicyclic amines) is 1. The second kappa shape index (κ2) is 6.26. The number of hydrogen-bond donors (Lipinski definition) is 0. The van der Waals surface area contributed by atoms with Crippen LogP contribution in [0.15, 0.2) is 46.3 Å². The lowest BCUT2D eigenvalue weighted by Gasteiger charge is -2.16. The van der Waals surface area contributed by atoms with Gasteiger partial charge in [0.2, 0.25) is 11.7 Å². The maximum atomic E-state index is 5.51. The van der Waals surface area contributed by atoms with Gasteiger partial charge < -0.3 is 4.52 Å². The van der Waals surface area contributed by atoms with Crippen molar-refractivity contribution in [3.63, 3.8) is 0 Å². The van der Waals surface area contributed by atoms with E-state index in [2.05, 4.69) is 46.2 Å². The van der Waals surface area contributed by atoms with E-state index in [-0.39, 0.29) is 0 Å². The predicted molar refractivity (Wildman–Crippen MR) is 91.4 cm³/mol. The first-order valence-electron chi connectivity index (χ1n) is 7.94. The van der Waals surface area contributed by atoms with Crippen molar-refractivity contribution in [2.24, 2.45) is 0 Å². The summed E-state index contributed by atoms with van der Waals surface area (Å²) in [6, 6.07) is 12.6. The first-order chi connectivity index (χ1) is 11.3. The summed E-state index contributed by atoms with van der Waals surface area (Å²) in [6.07, 6.45) is 1.08. The molecule has 1 aliphatic heterocycles. The molecular weight excluding hydrogens is 306 g/mol. The molecule has 0 spiro atoms. The molecule has 0 saturated carbocycles. The van der Waals surface area contributed by atoms with Gasteiger partial charge in [0, 0.05) is 13.1 Å². The molecule has 0 unspecified atom stereocenters. The second-order valence-corrected chi connectivity index (χ2v) is 7.03. The Labute approximate surface area is 139 Å². The van der Waals surface area contributed by atoms with E-state index in [9.17, 15) is 0 Å². The molecule has 3 heterocycles. The second-order valence-electron chi connectivity index (χ2n) is 6.08. The zero-order chi connectivity index (χ0) is 15.6. The average molecular weight is 325 g/mol. The molecule has 5 heteroatoms. The van der Waals surface area contributed by atoms with Gasteiger partial charge in [0.15, 0.2) is 0 Å². The van der Waals surface area contributed by atoms with Crippen LogP contribution in [0.4, 0.5) is 0 Å². The van der Waals surface area contributed by atoms with Crippen molar-refractivity contribution in [3.05, 3.63) is 58.8 Å². The van der Waals surface area contributed by atoms with Gasteiger partial charge in [0.1, 0.15) is 0 Å². The SMILES string of the molecule is Cc1ccccc1CN1CC[C@H](c2nc(-c3cccs3)no2)C1. The standard InChI is InChI=1S/C18H19N3OS/c1-13-5-2-3-6-14(13)11-21-9-8-15(12-21)18-19-17(20-22-18)16-7-4-10-23-16/h2-7,10,15H,8-9,11-12H2,1H3/t15-/m0/s1. The molecule has 0 N–H and O–H groups in total. The highest BCUT2D eigenvalue weighted by Crippen LogP contribution is 2.30. The number of nitrogens with zero attached hydrogens (tertiary/aromatic N) is 3. The van der Waals surface area contributed by atoms with E-state index in [0.717, 1.165) is 36.8 Å². The fraction of sp³-hybridized carbons (Fsp3) is 0.333. The molecule has 1 atom stereocenters. The number of rotatable bonds is 4. The highest BCUT2D eigenvalue weighted by Gasteiger charge is 2.28. The molecule has 0 bridgehead atoms. The molecular formula is C18H19N3OS. The largest absolute Gasteiger partial charge is 0.339 e. The minimum Gasteiger partial charge on any atom is -0.339 e. The van der Waals surface area contributed by atoms with E-state index >= 15 is 0 Å². The van der Waals surface area contributed by atoms with Crippen LogP contribution in [-0.4, -0.2) is 28.1 Å². The van der Waals surface area contributed by atoms with Crippen molar-refractivity contribution in [2.75, 3.05) is 13.1 Å². The number of aromatic nitrogens is 2. The minimum absolute atomic E-state index is 0.347. The summed E-state index contributed by atoms with van der Waals surface area (Å²) in [4.78, 5) is 8.14. The summed E-state index contributed by atoms with van der Waals surface area (Å²) < 4.78 is 5.51. The third kappa shape index (κ3) is 3.07. The molecule has 1 saturated heterocycles. The molecule has 23 heavy (non-hydrogen) atoms. The Hall–Kier alpha value is -1.98. The fourth-order valence-electron chi connectivity index (χ4n) is 3.11. The highest BCUT2D eigenvalue weighted by atomic mass is 32.1. The Morgan fingerprint density at radius 3 is 3.00 bits per heavy atom. The van der Waals surface area contributed by atoms with Crippen LogP contribution < -0.4 is 0 Å². The molecule has 4 nitrogen and oxygen atoms in total. The Kier molecular flexibility index (Phi) is 3.97. The van der Waals surface area contributed by atoms with Gasteiger partial charge in [-0.2, -0.15) is 4.98 Å². The van der Waals surface area contributed by atoms with Crippen LogP contribution >= 0.6 is 11.3 Å². The molecule has 2 aromatic heterocycles.